The first kappa shape index (κ1) is 14.8. The second-order valence-electron chi connectivity index (χ2n) is 5.23. The van der Waals surface area contributed by atoms with Gasteiger partial charge in [-0.3, -0.25) is 9.79 Å². The van der Waals surface area contributed by atoms with Crippen molar-refractivity contribution in [3.8, 4) is 0 Å². The summed E-state index contributed by atoms with van der Waals surface area (Å²) in [4.78, 5) is 15.8. The predicted molar refractivity (Wildman–Crippen MR) is 83.3 cm³/mol. The Morgan fingerprint density at radius 2 is 2.00 bits per heavy atom. The molecule has 1 aromatic carbocycles. The lowest BCUT2D eigenvalue weighted by Gasteiger charge is -2.18. The van der Waals surface area contributed by atoms with Gasteiger partial charge in [0.25, 0.3) is 0 Å². The molecular formula is C16H19ClN2O. The lowest BCUT2D eigenvalue weighted by molar-refractivity contribution is -0.102. The largest absolute Gasteiger partial charge is 0.402 e. The minimum Gasteiger partial charge on any atom is -0.402 e. The first-order valence-corrected chi connectivity index (χ1v) is 7.15. The van der Waals surface area contributed by atoms with Crippen molar-refractivity contribution < 1.29 is 4.79 Å². The highest BCUT2D eigenvalue weighted by Crippen LogP contribution is 2.30. The molecule has 1 aliphatic carbocycles. The minimum atomic E-state index is 0.0139. The molecule has 106 valence electrons. The second-order valence-corrected chi connectivity index (χ2v) is 5.67. The average Bonchev–Trinajstić information content (AvgIpc) is 3.22. The molecule has 1 fully saturated rings. The Bertz CT molecular complexity index is 552. The van der Waals surface area contributed by atoms with Gasteiger partial charge in [-0.25, -0.2) is 0 Å². The standard InChI is InChI=1S/C16H19ClN2O/c1-10(12-3-5-13(17)6-4-12)16(11(2)18)15(9-20)19-14-7-8-14/h3-6,9-10,14H,7-8,18H2,1-2H3. The molecule has 1 aliphatic rings. The highest BCUT2D eigenvalue weighted by Gasteiger charge is 2.24. The zero-order valence-corrected chi connectivity index (χ0v) is 12.5. The zero-order chi connectivity index (χ0) is 14.7. The molecule has 0 bridgehead atoms. The van der Waals surface area contributed by atoms with Crippen LogP contribution in [0.2, 0.25) is 5.02 Å². The van der Waals surface area contributed by atoms with Crippen LogP contribution in [0.3, 0.4) is 0 Å². The van der Waals surface area contributed by atoms with Gasteiger partial charge in [-0.2, -0.15) is 0 Å². The Morgan fingerprint density at radius 3 is 2.45 bits per heavy atom. The molecule has 3 nitrogen and oxygen atoms in total. The van der Waals surface area contributed by atoms with E-state index >= 15 is 0 Å². The number of hydrogen-bond acceptors (Lipinski definition) is 3. The maximum absolute atomic E-state index is 11.4. The summed E-state index contributed by atoms with van der Waals surface area (Å²) in [6, 6.07) is 7.89. The number of carbonyl (C=O) groups is 1. The summed E-state index contributed by atoms with van der Waals surface area (Å²) in [5, 5.41) is 0.693. The first-order valence-electron chi connectivity index (χ1n) is 6.78. The summed E-state index contributed by atoms with van der Waals surface area (Å²) in [6.07, 6.45) is 2.93. The van der Waals surface area contributed by atoms with E-state index in [1.165, 1.54) is 0 Å². The minimum absolute atomic E-state index is 0.0139. The van der Waals surface area contributed by atoms with E-state index in [0.29, 0.717) is 22.5 Å². The fourth-order valence-corrected chi connectivity index (χ4v) is 2.37. The summed E-state index contributed by atoms with van der Waals surface area (Å²) >= 11 is 5.91. The van der Waals surface area contributed by atoms with Gasteiger partial charge in [0, 0.05) is 22.2 Å². The van der Waals surface area contributed by atoms with Gasteiger partial charge in [0.15, 0.2) is 6.29 Å². The number of nitrogens with two attached hydrogens (primary N) is 1. The van der Waals surface area contributed by atoms with E-state index in [1.54, 1.807) is 0 Å². The molecule has 0 spiro atoms. The summed E-state index contributed by atoms with van der Waals surface area (Å²) in [6.45, 7) is 3.84. The molecule has 2 N–H and O–H groups in total. The van der Waals surface area contributed by atoms with E-state index in [2.05, 4.69) is 4.99 Å². The molecule has 2 rings (SSSR count). The van der Waals surface area contributed by atoms with Gasteiger partial charge in [0.1, 0.15) is 5.71 Å². The lowest BCUT2D eigenvalue weighted by Crippen LogP contribution is -2.17. The van der Waals surface area contributed by atoms with Crippen molar-refractivity contribution in [3.63, 3.8) is 0 Å². The summed E-state index contributed by atoms with van der Waals surface area (Å²) in [7, 11) is 0. The van der Waals surface area contributed by atoms with E-state index in [0.717, 1.165) is 30.3 Å². The third kappa shape index (κ3) is 3.48. The number of benzene rings is 1. The molecule has 20 heavy (non-hydrogen) atoms. The molecular weight excluding hydrogens is 272 g/mol. The van der Waals surface area contributed by atoms with Crippen LogP contribution in [0.25, 0.3) is 0 Å². The molecule has 0 heterocycles. The Balaban J connectivity index is 2.35. The number of nitrogens with zero attached hydrogens (tertiary/aromatic N) is 1. The summed E-state index contributed by atoms with van der Waals surface area (Å²) in [5.74, 6) is 0.0139. The average molecular weight is 291 g/mol. The van der Waals surface area contributed by atoms with Gasteiger partial charge in [-0.15, -0.1) is 0 Å². The van der Waals surface area contributed by atoms with Gasteiger partial charge in [0.05, 0.1) is 6.04 Å². The predicted octanol–water partition coefficient (Wildman–Crippen LogP) is 3.48. The van der Waals surface area contributed by atoms with Crippen LogP contribution in [0.4, 0.5) is 0 Å². The molecule has 1 aromatic rings. The van der Waals surface area contributed by atoms with Crippen molar-refractivity contribution >= 4 is 23.6 Å². The molecule has 0 radical (unpaired) electrons. The lowest BCUT2D eigenvalue weighted by atomic mass is 9.89. The van der Waals surface area contributed by atoms with Crippen LogP contribution in [0.1, 0.15) is 38.2 Å². The number of halogens is 1. The van der Waals surface area contributed by atoms with Crippen molar-refractivity contribution in [1.29, 1.82) is 0 Å². The molecule has 0 amide bonds. The maximum atomic E-state index is 11.4. The van der Waals surface area contributed by atoms with Crippen molar-refractivity contribution in [3.05, 3.63) is 46.1 Å². The van der Waals surface area contributed by atoms with Gasteiger partial charge < -0.3 is 5.73 Å². The monoisotopic (exact) mass is 290 g/mol. The van der Waals surface area contributed by atoms with Crippen LogP contribution in [0, 0.1) is 0 Å². The van der Waals surface area contributed by atoms with Crippen LogP contribution >= 0.6 is 11.6 Å². The van der Waals surface area contributed by atoms with E-state index in [9.17, 15) is 4.79 Å². The fraction of sp³-hybridized carbons (Fsp3) is 0.375. The quantitative estimate of drug-likeness (QED) is 0.667. The third-order valence-corrected chi connectivity index (χ3v) is 3.74. The van der Waals surface area contributed by atoms with Crippen molar-refractivity contribution in [2.75, 3.05) is 0 Å². The van der Waals surface area contributed by atoms with Crippen molar-refractivity contribution in [1.82, 2.24) is 0 Å². The van der Waals surface area contributed by atoms with Crippen LogP contribution in [0.15, 0.2) is 40.5 Å². The normalized spacial score (nSPS) is 18.4. The zero-order valence-electron chi connectivity index (χ0n) is 11.8. The number of rotatable bonds is 5. The Labute approximate surface area is 124 Å². The molecule has 1 atom stereocenters. The van der Waals surface area contributed by atoms with Gasteiger partial charge in [-0.05, 0) is 37.5 Å². The van der Waals surface area contributed by atoms with Crippen molar-refractivity contribution in [2.24, 2.45) is 10.7 Å². The summed E-state index contributed by atoms with van der Waals surface area (Å²) in [5.41, 5.74) is 8.99. The molecule has 0 aromatic heterocycles. The third-order valence-electron chi connectivity index (χ3n) is 3.48. The smallest absolute Gasteiger partial charge is 0.168 e. The summed E-state index contributed by atoms with van der Waals surface area (Å²) < 4.78 is 0. The molecule has 1 unspecified atom stereocenters. The molecule has 0 aliphatic heterocycles. The number of allylic oxidation sites excluding steroid dienone is 2. The van der Waals surface area contributed by atoms with E-state index in [1.807, 2.05) is 38.1 Å². The SMILES string of the molecule is CC(N)=C(C(C=O)=NC1CC1)C(C)c1ccc(Cl)cc1. The van der Waals surface area contributed by atoms with E-state index in [4.69, 9.17) is 17.3 Å². The number of hydrogen-bond donors (Lipinski definition) is 1. The molecule has 1 saturated carbocycles. The van der Waals surface area contributed by atoms with Crippen LogP contribution in [-0.4, -0.2) is 18.0 Å². The molecule has 0 saturated heterocycles. The topological polar surface area (TPSA) is 55.5 Å². The Morgan fingerprint density at radius 1 is 1.40 bits per heavy atom. The van der Waals surface area contributed by atoms with Crippen LogP contribution in [0.5, 0.6) is 0 Å². The fourth-order valence-electron chi connectivity index (χ4n) is 2.25. The number of aldehydes is 1. The second kappa shape index (κ2) is 6.23. The highest BCUT2D eigenvalue weighted by molar-refractivity contribution is 6.36. The van der Waals surface area contributed by atoms with Gasteiger partial charge in [-0.1, -0.05) is 30.7 Å². The van der Waals surface area contributed by atoms with Crippen LogP contribution in [-0.2, 0) is 4.79 Å². The Hall–Kier alpha value is -1.61. The number of carbonyl (C=O) groups excluding carboxylic acids is 1. The van der Waals surface area contributed by atoms with E-state index in [-0.39, 0.29) is 5.92 Å². The van der Waals surface area contributed by atoms with Gasteiger partial charge >= 0.3 is 0 Å². The maximum Gasteiger partial charge on any atom is 0.168 e. The Kier molecular flexibility index (Phi) is 4.61. The first-order chi connectivity index (χ1) is 9.52. The van der Waals surface area contributed by atoms with Crippen molar-refractivity contribution in [2.45, 2.75) is 38.6 Å². The van der Waals surface area contributed by atoms with Crippen LogP contribution < -0.4 is 5.73 Å². The number of aliphatic imine (C=N–C) groups is 1. The highest BCUT2D eigenvalue weighted by atomic mass is 35.5. The van der Waals surface area contributed by atoms with E-state index < -0.39 is 0 Å². The molecule has 4 heteroatoms. The van der Waals surface area contributed by atoms with Gasteiger partial charge in [0.2, 0.25) is 0 Å².